The van der Waals surface area contributed by atoms with Gasteiger partial charge in [0.25, 0.3) is 0 Å². The summed E-state index contributed by atoms with van der Waals surface area (Å²) in [7, 11) is 0. The van der Waals surface area contributed by atoms with Crippen LogP contribution in [0.5, 0.6) is 5.75 Å². The highest BCUT2D eigenvalue weighted by atomic mass is 32.1. The molecule has 0 aliphatic heterocycles. The predicted molar refractivity (Wildman–Crippen MR) is 82.6 cm³/mol. The quantitative estimate of drug-likeness (QED) is 0.671. The first-order chi connectivity index (χ1) is 9.79. The lowest BCUT2D eigenvalue weighted by atomic mass is 9.91. The molecule has 1 aromatic carbocycles. The number of nitrogen functional groups attached to an aromatic ring is 1. The molecule has 0 spiro atoms. The monoisotopic (exact) mass is 307 g/mol. The molecule has 0 aliphatic rings. The van der Waals surface area contributed by atoms with E-state index in [-0.39, 0.29) is 23.6 Å². The Balaban J connectivity index is 2.22. The van der Waals surface area contributed by atoms with Crippen molar-refractivity contribution in [2.45, 2.75) is 32.8 Å². The van der Waals surface area contributed by atoms with E-state index < -0.39 is 5.82 Å². The van der Waals surface area contributed by atoms with Crippen molar-refractivity contribution in [2.75, 3.05) is 0 Å². The van der Waals surface area contributed by atoms with Crippen molar-refractivity contribution in [3.63, 3.8) is 0 Å². The van der Waals surface area contributed by atoms with E-state index >= 15 is 0 Å². The highest BCUT2D eigenvalue weighted by Gasteiger charge is 2.24. The van der Waals surface area contributed by atoms with Crippen LogP contribution in [0.15, 0.2) is 24.3 Å². The molecule has 1 heterocycles. The van der Waals surface area contributed by atoms with Gasteiger partial charge in [0.1, 0.15) is 17.5 Å². The molecule has 112 valence electrons. The van der Waals surface area contributed by atoms with E-state index in [1.54, 1.807) is 18.2 Å². The Morgan fingerprint density at radius 2 is 2.05 bits per heavy atom. The standard InChI is InChI=1S/C15H18FN3OS/c1-15(2,3)13-12(14(17)18)21-11(19-13)8-20-10-7-5-4-6-9(10)16/h4-7H,8H2,1-3H3,(H3,17,18). The number of nitrogens with zero attached hydrogens (tertiary/aromatic N) is 1. The molecule has 0 fully saturated rings. The lowest BCUT2D eigenvalue weighted by molar-refractivity contribution is 0.289. The van der Waals surface area contributed by atoms with Crippen LogP contribution >= 0.6 is 11.3 Å². The first-order valence-electron chi connectivity index (χ1n) is 6.51. The third kappa shape index (κ3) is 3.58. The van der Waals surface area contributed by atoms with Gasteiger partial charge < -0.3 is 10.5 Å². The molecule has 0 radical (unpaired) electrons. The predicted octanol–water partition coefficient (Wildman–Crippen LogP) is 3.44. The van der Waals surface area contributed by atoms with Gasteiger partial charge in [-0.3, -0.25) is 5.41 Å². The van der Waals surface area contributed by atoms with Crippen LogP contribution in [0.3, 0.4) is 0 Å². The lowest BCUT2D eigenvalue weighted by Crippen LogP contribution is -2.19. The fraction of sp³-hybridized carbons (Fsp3) is 0.333. The van der Waals surface area contributed by atoms with Crippen LogP contribution < -0.4 is 10.5 Å². The molecule has 0 amide bonds. The van der Waals surface area contributed by atoms with Gasteiger partial charge in [0.15, 0.2) is 11.6 Å². The fourth-order valence-corrected chi connectivity index (χ4v) is 2.87. The second kappa shape index (κ2) is 5.81. The number of amidine groups is 1. The lowest BCUT2D eigenvalue weighted by Gasteiger charge is -2.16. The van der Waals surface area contributed by atoms with Gasteiger partial charge >= 0.3 is 0 Å². The SMILES string of the molecule is CC(C)(C)c1nc(COc2ccccc2F)sc1C(=N)N. The highest BCUT2D eigenvalue weighted by Crippen LogP contribution is 2.30. The number of rotatable bonds is 4. The van der Waals surface area contributed by atoms with Crippen LogP contribution in [-0.2, 0) is 12.0 Å². The van der Waals surface area contributed by atoms with Crippen LogP contribution in [0.2, 0.25) is 0 Å². The van der Waals surface area contributed by atoms with Gasteiger partial charge in [-0.05, 0) is 12.1 Å². The van der Waals surface area contributed by atoms with Gasteiger partial charge in [-0.15, -0.1) is 11.3 Å². The molecular weight excluding hydrogens is 289 g/mol. The van der Waals surface area contributed by atoms with Crippen molar-refractivity contribution in [3.05, 3.63) is 45.7 Å². The minimum atomic E-state index is -0.406. The number of para-hydroxylation sites is 1. The van der Waals surface area contributed by atoms with E-state index in [1.807, 2.05) is 20.8 Å². The number of benzene rings is 1. The topological polar surface area (TPSA) is 72.0 Å². The summed E-state index contributed by atoms with van der Waals surface area (Å²) in [4.78, 5) is 5.15. The summed E-state index contributed by atoms with van der Waals surface area (Å²) >= 11 is 1.31. The Bertz CT molecular complexity index is 661. The summed E-state index contributed by atoms with van der Waals surface area (Å²) in [6.45, 7) is 6.18. The Kier molecular flexibility index (Phi) is 4.27. The highest BCUT2D eigenvalue weighted by molar-refractivity contribution is 7.13. The Labute approximate surface area is 127 Å². The van der Waals surface area contributed by atoms with Crippen molar-refractivity contribution in [1.82, 2.24) is 4.98 Å². The maximum Gasteiger partial charge on any atom is 0.165 e. The van der Waals surface area contributed by atoms with E-state index in [2.05, 4.69) is 4.98 Å². The van der Waals surface area contributed by atoms with E-state index in [4.69, 9.17) is 15.9 Å². The van der Waals surface area contributed by atoms with Gasteiger partial charge in [-0.2, -0.15) is 0 Å². The first kappa shape index (κ1) is 15.4. The van der Waals surface area contributed by atoms with Gasteiger partial charge in [0, 0.05) is 5.41 Å². The number of ether oxygens (including phenoxy) is 1. The number of halogens is 1. The van der Waals surface area contributed by atoms with Crippen LogP contribution in [0.4, 0.5) is 4.39 Å². The number of thiazole rings is 1. The summed E-state index contributed by atoms with van der Waals surface area (Å²) in [5, 5.41) is 8.32. The Morgan fingerprint density at radius 3 is 2.57 bits per heavy atom. The number of hydrogen-bond donors (Lipinski definition) is 2. The zero-order chi connectivity index (χ0) is 15.6. The third-order valence-corrected chi connectivity index (χ3v) is 3.88. The van der Waals surface area contributed by atoms with Crippen molar-refractivity contribution >= 4 is 17.2 Å². The molecule has 0 saturated carbocycles. The minimum Gasteiger partial charge on any atom is -0.483 e. The van der Waals surface area contributed by atoms with E-state index in [9.17, 15) is 4.39 Å². The average molecular weight is 307 g/mol. The average Bonchev–Trinajstić information content (AvgIpc) is 2.82. The Morgan fingerprint density at radius 1 is 1.38 bits per heavy atom. The molecule has 2 rings (SSSR count). The molecule has 0 unspecified atom stereocenters. The van der Waals surface area contributed by atoms with Gasteiger partial charge in [-0.25, -0.2) is 9.37 Å². The molecule has 2 aromatic rings. The Hall–Kier alpha value is -1.95. The molecule has 6 heteroatoms. The van der Waals surface area contributed by atoms with Gasteiger partial charge in [0.05, 0.1) is 10.6 Å². The van der Waals surface area contributed by atoms with Crippen LogP contribution in [0.25, 0.3) is 0 Å². The molecule has 1 aromatic heterocycles. The zero-order valence-corrected chi connectivity index (χ0v) is 13.1. The molecule has 0 atom stereocenters. The summed E-state index contributed by atoms with van der Waals surface area (Å²) < 4.78 is 18.9. The molecular formula is C15H18FN3OS. The summed E-state index contributed by atoms with van der Waals surface area (Å²) in [6.07, 6.45) is 0. The summed E-state index contributed by atoms with van der Waals surface area (Å²) in [6, 6.07) is 6.23. The molecule has 0 saturated heterocycles. The second-order valence-electron chi connectivity index (χ2n) is 5.67. The molecule has 0 bridgehead atoms. The maximum atomic E-state index is 13.5. The minimum absolute atomic E-state index is 0.00503. The maximum absolute atomic E-state index is 13.5. The smallest absolute Gasteiger partial charge is 0.165 e. The van der Waals surface area contributed by atoms with E-state index in [1.165, 1.54) is 17.4 Å². The number of hydrogen-bond acceptors (Lipinski definition) is 4. The molecule has 21 heavy (non-hydrogen) atoms. The molecule has 4 nitrogen and oxygen atoms in total. The first-order valence-corrected chi connectivity index (χ1v) is 7.32. The van der Waals surface area contributed by atoms with Crippen molar-refractivity contribution < 1.29 is 9.13 Å². The second-order valence-corrected chi connectivity index (χ2v) is 6.75. The third-order valence-electron chi connectivity index (χ3n) is 2.81. The fourth-order valence-electron chi connectivity index (χ4n) is 1.82. The normalized spacial score (nSPS) is 11.4. The van der Waals surface area contributed by atoms with Gasteiger partial charge in [-0.1, -0.05) is 32.9 Å². The number of aromatic nitrogens is 1. The molecule has 0 aliphatic carbocycles. The van der Waals surface area contributed by atoms with Gasteiger partial charge in [0.2, 0.25) is 0 Å². The van der Waals surface area contributed by atoms with Crippen molar-refractivity contribution in [1.29, 1.82) is 5.41 Å². The van der Waals surface area contributed by atoms with E-state index in [0.29, 0.717) is 9.88 Å². The van der Waals surface area contributed by atoms with Crippen molar-refractivity contribution in [2.24, 2.45) is 5.73 Å². The largest absolute Gasteiger partial charge is 0.483 e. The zero-order valence-electron chi connectivity index (χ0n) is 12.2. The number of nitrogens with two attached hydrogens (primary N) is 1. The van der Waals surface area contributed by atoms with Crippen LogP contribution in [0.1, 0.15) is 36.3 Å². The summed E-state index contributed by atoms with van der Waals surface area (Å²) in [5.41, 5.74) is 6.16. The number of nitrogens with one attached hydrogen (secondary N) is 1. The van der Waals surface area contributed by atoms with Crippen LogP contribution in [-0.4, -0.2) is 10.8 Å². The summed E-state index contributed by atoms with van der Waals surface area (Å²) in [5.74, 6) is -0.221. The van der Waals surface area contributed by atoms with E-state index in [0.717, 1.165) is 5.69 Å². The van der Waals surface area contributed by atoms with Crippen LogP contribution in [0, 0.1) is 11.2 Å². The van der Waals surface area contributed by atoms with Crippen molar-refractivity contribution in [3.8, 4) is 5.75 Å². The molecule has 3 N–H and O–H groups in total.